The van der Waals surface area contributed by atoms with E-state index in [0.717, 1.165) is 33.4 Å². The number of ether oxygens (including phenoxy) is 1. The van der Waals surface area contributed by atoms with Crippen LogP contribution < -0.4 is 10.1 Å². The van der Waals surface area contributed by atoms with Crippen LogP contribution in [0.2, 0.25) is 0 Å². The number of aromatic nitrogens is 2. The molecule has 0 spiro atoms. The molecule has 0 saturated carbocycles. The highest BCUT2D eigenvalue weighted by Crippen LogP contribution is 2.24. The summed E-state index contributed by atoms with van der Waals surface area (Å²) in [5.74, 6) is 0.912. The van der Waals surface area contributed by atoms with E-state index in [9.17, 15) is 4.79 Å². The van der Waals surface area contributed by atoms with Gasteiger partial charge in [0.05, 0.1) is 23.4 Å². The number of rotatable bonds is 7. The molecule has 0 radical (unpaired) electrons. The molecule has 0 saturated heterocycles. The van der Waals surface area contributed by atoms with Gasteiger partial charge >= 0.3 is 0 Å². The fraction of sp³-hybridized carbons (Fsp3) is 0.167. The average molecular weight is 384 g/mol. The Kier molecular flexibility index (Phi) is 6.04. The lowest BCUT2D eigenvalue weighted by Gasteiger charge is -2.04. The van der Waals surface area contributed by atoms with Crippen molar-refractivity contribution in [3.8, 4) is 11.2 Å². The van der Waals surface area contributed by atoms with E-state index >= 15 is 0 Å². The van der Waals surface area contributed by atoms with Crippen LogP contribution in [0.25, 0.3) is 11.0 Å². The molecule has 1 heterocycles. The predicted molar refractivity (Wildman–Crippen MR) is 105 cm³/mol. The standard InChI is InChI=1S/C18H16N4O2S2/c1-2-24-13-5-8-15-16(9-13)22-18(21-15)25-10-17(23)20-12-3-6-14(7-4-12)26-11-19/h3-9H,2,10H2,1H3,(H,20,23)(H,21,22). The quantitative estimate of drug-likeness (QED) is 0.467. The maximum absolute atomic E-state index is 12.1. The molecule has 0 aliphatic heterocycles. The van der Waals surface area contributed by atoms with Gasteiger partial charge in [-0.3, -0.25) is 4.79 Å². The van der Waals surface area contributed by atoms with Gasteiger partial charge in [0.15, 0.2) is 5.16 Å². The Hall–Kier alpha value is -2.63. The Morgan fingerprint density at radius 1 is 1.31 bits per heavy atom. The number of amides is 1. The van der Waals surface area contributed by atoms with Crippen molar-refractivity contribution in [1.29, 1.82) is 5.26 Å². The lowest BCUT2D eigenvalue weighted by atomic mass is 10.3. The van der Waals surface area contributed by atoms with Crippen LogP contribution in [0.15, 0.2) is 52.5 Å². The molecular weight excluding hydrogens is 368 g/mol. The van der Waals surface area contributed by atoms with E-state index < -0.39 is 0 Å². The number of aromatic amines is 1. The minimum Gasteiger partial charge on any atom is -0.494 e. The lowest BCUT2D eigenvalue weighted by Crippen LogP contribution is -2.13. The zero-order chi connectivity index (χ0) is 18.4. The number of hydrogen-bond donors (Lipinski definition) is 2. The zero-order valence-corrected chi connectivity index (χ0v) is 15.6. The van der Waals surface area contributed by atoms with Gasteiger partial charge in [0.2, 0.25) is 5.91 Å². The number of nitrogens with one attached hydrogen (secondary N) is 2. The highest BCUT2D eigenvalue weighted by molar-refractivity contribution is 8.03. The van der Waals surface area contributed by atoms with E-state index in [1.54, 1.807) is 24.3 Å². The maximum atomic E-state index is 12.1. The second kappa shape index (κ2) is 8.65. The molecule has 0 aliphatic rings. The van der Waals surface area contributed by atoms with Crippen LogP contribution >= 0.6 is 23.5 Å². The molecule has 26 heavy (non-hydrogen) atoms. The molecule has 6 nitrogen and oxygen atoms in total. The first-order valence-electron chi connectivity index (χ1n) is 7.89. The minimum absolute atomic E-state index is 0.119. The smallest absolute Gasteiger partial charge is 0.234 e. The van der Waals surface area contributed by atoms with Gasteiger partial charge in [-0.15, -0.1) is 0 Å². The van der Waals surface area contributed by atoms with Crippen LogP contribution in [0.3, 0.4) is 0 Å². The van der Waals surface area contributed by atoms with Crippen LogP contribution in [0.4, 0.5) is 5.69 Å². The molecule has 0 unspecified atom stereocenters. The summed E-state index contributed by atoms with van der Waals surface area (Å²) in [4.78, 5) is 20.6. The monoisotopic (exact) mass is 384 g/mol. The van der Waals surface area contributed by atoms with Crippen molar-refractivity contribution < 1.29 is 9.53 Å². The third-order valence-corrected chi connectivity index (χ3v) is 4.86. The van der Waals surface area contributed by atoms with E-state index in [0.29, 0.717) is 17.5 Å². The van der Waals surface area contributed by atoms with Gasteiger partial charge in [0, 0.05) is 16.6 Å². The molecule has 132 valence electrons. The number of carbonyl (C=O) groups excluding carboxylic acids is 1. The minimum atomic E-state index is -0.119. The number of thioether (sulfide) groups is 2. The van der Waals surface area contributed by atoms with Crippen LogP contribution in [0.5, 0.6) is 5.75 Å². The molecule has 8 heteroatoms. The third-order valence-electron chi connectivity index (χ3n) is 3.38. The molecule has 0 bridgehead atoms. The number of anilines is 1. The van der Waals surface area contributed by atoms with Crippen molar-refractivity contribution in [2.45, 2.75) is 17.0 Å². The number of fused-ring (bicyclic) bond motifs is 1. The number of thiocyanates is 1. The van der Waals surface area contributed by atoms with E-state index in [-0.39, 0.29) is 11.7 Å². The van der Waals surface area contributed by atoms with Crippen molar-refractivity contribution in [2.75, 3.05) is 17.7 Å². The number of benzene rings is 2. The second-order valence-electron chi connectivity index (χ2n) is 5.21. The zero-order valence-electron chi connectivity index (χ0n) is 14.0. The second-order valence-corrected chi connectivity index (χ2v) is 7.03. The summed E-state index contributed by atoms with van der Waals surface area (Å²) in [6.45, 7) is 2.55. The molecule has 2 N–H and O–H groups in total. The highest BCUT2D eigenvalue weighted by atomic mass is 32.2. The largest absolute Gasteiger partial charge is 0.494 e. The number of hydrogen-bond acceptors (Lipinski definition) is 6. The Labute approximate surface area is 159 Å². The summed E-state index contributed by atoms with van der Waals surface area (Å²) >= 11 is 2.42. The summed E-state index contributed by atoms with van der Waals surface area (Å²) in [6, 6.07) is 12.8. The van der Waals surface area contributed by atoms with E-state index in [2.05, 4.69) is 15.3 Å². The van der Waals surface area contributed by atoms with Crippen LogP contribution in [0.1, 0.15) is 6.92 Å². The molecule has 3 rings (SSSR count). The first-order chi connectivity index (χ1) is 12.7. The van der Waals surface area contributed by atoms with E-state index in [1.807, 2.05) is 30.5 Å². The Morgan fingerprint density at radius 2 is 2.12 bits per heavy atom. The van der Waals surface area contributed by atoms with Gasteiger partial charge in [-0.25, -0.2) is 4.98 Å². The SMILES string of the molecule is CCOc1ccc2nc(SCC(=O)Nc3ccc(SC#N)cc3)[nH]c2c1. The molecule has 1 aromatic heterocycles. The van der Waals surface area contributed by atoms with Gasteiger partial charge in [0.25, 0.3) is 0 Å². The van der Waals surface area contributed by atoms with Gasteiger partial charge < -0.3 is 15.0 Å². The fourth-order valence-electron chi connectivity index (χ4n) is 2.28. The molecule has 0 aliphatic carbocycles. The number of nitriles is 1. The molecular formula is C18H16N4O2S2. The summed E-state index contributed by atoms with van der Waals surface area (Å²) < 4.78 is 5.47. The van der Waals surface area contributed by atoms with Crippen molar-refractivity contribution >= 4 is 46.2 Å². The van der Waals surface area contributed by atoms with E-state index in [1.165, 1.54) is 11.8 Å². The topological polar surface area (TPSA) is 90.8 Å². The predicted octanol–water partition coefficient (Wildman–Crippen LogP) is 4.27. The number of imidazole rings is 1. The summed E-state index contributed by atoms with van der Waals surface area (Å²) in [5.41, 5.74) is 2.41. The fourth-order valence-corrected chi connectivity index (χ4v) is 3.34. The van der Waals surface area contributed by atoms with Crippen LogP contribution in [-0.2, 0) is 4.79 Å². The van der Waals surface area contributed by atoms with Crippen molar-refractivity contribution in [2.24, 2.45) is 0 Å². The molecule has 0 fully saturated rings. The van der Waals surface area contributed by atoms with E-state index in [4.69, 9.17) is 10.00 Å². The molecule has 3 aromatic rings. The Bertz CT molecular complexity index is 948. The Morgan fingerprint density at radius 3 is 2.85 bits per heavy atom. The van der Waals surface area contributed by atoms with Gasteiger partial charge in [-0.05, 0) is 55.1 Å². The number of nitrogens with zero attached hydrogens (tertiary/aromatic N) is 2. The van der Waals surface area contributed by atoms with Crippen molar-refractivity contribution in [1.82, 2.24) is 9.97 Å². The summed E-state index contributed by atoms with van der Waals surface area (Å²) in [6.07, 6.45) is 0. The van der Waals surface area contributed by atoms with Gasteiger partial charge in [0.1, 0.15) is 11.2 Å². The van der Waals surface area contributed by atoms with Crippen molar-refractivity contribution in [3.05, 3.63) is 42.5 Å². The lowest BCUT2D eigenvalue weighted by molar-refractivity contribution is -0.113. The number of carbonyl (C=O) groups is 1. The first-order valence-corrected chi connectivity index (χ1v) is 9.69. The first kappa shape index (κ1) is 18.2. The summed E-state index contributed by atoms with van der Waals surface area (Å²) in [5, 5.41) is 14.2. The highest BCUT2D eigenvalue weighted by Gasteiger charge is 2.08. The van der Waals surface area contributed by atoms with Crippen LogP contribution in [-0.4, -0.2) is 28.2 Å². The molecule has 0 atom stereocenters. The van der Waals surface area contributed by atoms with Gasteiger partial charge in [-0.2, -0.15) is 5.26 Å². The molecule has 2 aromatic carbocycles. The maximum Gasteiger partial charge on any atom is 0.234 e. The molecule has 1 amide bonds. The van der Waals surface area contributed by atoms with Crippen molar-refractivity contribution in [3.63, 3.8) is 0 Å². The Balaban J connectivity index is 1.57. The third kappa shape index (κ3) is 4.71. The van der Waals surface area contributed by atoms with Gasteiger partial charge in [-0.1, -0.05) is 11.8 Å². The normalized spacial score (nSPS) is 10.5. The summed E-state index contributed by atoms with van der Waals surface area (Å²) in [7, 11) is 0. The number of H-pyrrole nitrogens is 1. The average Bonchev–Trinajstić information content (AvgIpc) is 3.04. The van der Waals surface area contributed by atoms with Crippen LogP contribution in [0, 0.1) is 10.7 Å².